The zero-order valence-corrected chi connectivity index (χ0v) is 14.0. The fourth-order valence-electron chi connectivity index (χ4n) is 2.52. The second kappa shape index (κ2) is 7.04. The van der Waals surface area contributed by atoms with Gasteiger partial charge in [0.15, 0.2) is 0 Å². The number of nitrogens with zero attached hydrogens (tertiary/aromatic N) is 4. The third-order valence-electron chi connectivity index (χ3n) is 3.80. The topological polar surface area (TPSA) is 52.4 Å². The van der Waals surface area contributed by atoms with Gasteiger partial charge in [0.1, 0.15) is 23.6 Å². The summed E-state index contributed by atoms with van der Waals surface area (Å²) in [7, 11) is 5.33. The van der Waals surface area contributed by atoms with E-state index in [9.17, 15) is 0 Å². The van der Waals surface area contributed by atoms with Crippen molar-refractivity contribution in [3.8, 4) is 17.3 Å². The van der Waals surface area contributed by atoms with Gasteiger partial charge in [0.2, 0.25) is 0 Å². The number of methoxy groups -OCH3 is 2. The van der Waals surface area contributed by atoms with Crippen molar-refractivity contribution < 1.29 is 9.47 Å². The van der Waals surface area contributed by atoms with E-state index in [4.69, 9.17) is 9.47 Å². The zero-order valence-electron chi connectivity index (χ0n) is 14.0. The summed E-state index contributed by atoms with van der Waals surface area (Å²) in [6, 6.07) is 9.84. The maximum absolute atomic E-state index is 5.47. The Morgan fingerprint density at radius 2 is 2.00 bits per heavy atom. The van der Waals surface area contributed by atoms with E-state index in [-0.39, 0.29) is 0 Å². The molecule has 0 aliphatic heterocycles. The minimum Gasteiger partial charge on any atom is -0.497 e. The molecule has 0 saturated carbocycles. The van der Waals surface area contributed by atoms with E-state index < -0.39 is 0 Å². The van der Waals surface area contributed by atoms with Crippen LogP contribution in [0.15, 0.2) is 55.2 Å². The van der Waals surface area contributed by atoms with Crippen molar-refractivity contribution >= 4 is 5.69 Å². The summed E-state index contributed by atoms with van der Waals surface area (Å²) in [5.74, 6) is 2.40. The minimum absolute atomic E-state index is 0.722. The van der Waals surface area contributed by atoms with Crippen molar-refractivity contribution in [2.24, 2.45) is 0 Å². The van der Waals surface area contributed by atoms with E-state index in [0.717, 1.165) is 35.1 Å². The van der Waals surface area contributed by atoms with Crippen LogP contribution in [0.4, 0.5) is 5.69 Å². The van der Waals surface area contributed by atoms with E-state index in [1.807, 2.05) is 48.3 Å². The van der Waals surface area contributed by atoms with Crippen LogP contribution in [0.25, 0.3) is 5.82 Å². The third-order valence-corrected chi connectivity index (χ3v) is 3.80. The fraction of sp³-hybridized carbons (Fsp3) is 0.222. The second-order valence-electron chi connectivity index (χ2n) is 5.39. The smallest absolute Gasteiger partial charge is 0.145 e. The highest BCUT2D eigenvalue weighted by Gasteiger charge is 2.10. The van der Waals surface area contributed by atoms with Crippen LogP contribution in [0.3, 0.4) is 0 Å². The molecule has 0 amide bonds. The number of benzene rings is 1. The molecule has 0 atom stereocenters. The Hall–Kier alpha value is -3.02. The molecule has 0 unspecified atom stereocenters. The van der Waals surface area contributed by atoms with E-state index in [1.54, 1.807) is 26.7 Å². The molecule has 2 heterocycles. The highest BCUT2D eigenvalue weighted by molar-refractivity contribution is 5.60. The zero-order chi connectivity index (χ0) is 16.9. The van der Waals surface area contributed by atoms with Gasteiger partial charge in [-0.1, -0.05) is 6.07 Å². The number of rotatable bonds is 6. The van der Waals surface area contributed by atoms with Crippen LogP contribution in [0.1, 0.15) is 5.56 Å². The van der Waals surface area contributed by atoms with Crippen molar-refractivity contribution in [3.63, 3.8) is 0 Å². The average Bonchev–Trinajstić information content (AvgIpc) is 3.16. The van der Waals surface area contributed by atoms with Crippen LogP contribution >= 0.6 is 0 Å². The van der Waals surface area contributed by atoms with Gasteiger partial charge in [-0.25, -0.2) is 9.97 Å². The predicted molar refractivity (Wildman–Crippen MR) is 93.0 cm³/mol. The molecule has 3 aromatic rings. The van der Waals surface area contributed by atoms with Gasteiger partial charge < -0.3 is 14.4 Å². The lowest BCUT2D eigenvalue weighted by molar-refractivity contribution is 0.394. The predicted octanol–water partition coefficient (Wildman–Crippen LogP) is 2.92. The molecule has 0 saturated heterocycles. The standard InChI is InChI=1S/C18H20N4O2/c1-21(16-6-5-15(23-2)10-17(16)24-3)12-14-4-7-18(20-11-14)22-9-8-19-13-22/h4-11,13H,12H2,1-3H3. The molecule has 1 aromatic carbocycles. The number of anilines is 1. The van der Waals surface area contributed by atoms with Gasteiger partial charge in [-0.3, -0.25) is 4.57 Å². The SMILES string of the molecule is COc1ccc(N(C)Cc2ccc(-n3ccnc3)nc2)c(OC)c1. The summed E-state index contributed by atoms with van der Waals surface area (Å²) >= 11 is 0. The molecule has 3 rings (SSSR count). The Morgan fingerprint density at radius 1 is 1.12 bits per heavy atom. The van der Waals surface area contributed by atoms with Crippen LogP contribution in [0.5, 0.6) is 11.5 Å². The summed E-state index contributed by atoms with van der Waals surface area (Å²) in [6.45, 7) is 0.722. The summed E-state index contributed by atoms with van der Waals surface area (Å²) in [5, 5.41) is 0. The highest BCUT2D eigenvalue weighted by Crippen LogP contribution is 2.32. The van der Waals surface area contributed by atoms with Gasteiger partial charge in [0, 0.05) is 38.2 Å². The summed E-state index contributed by atoms with van der Waals surface area (Å²) in [4.78, 5) is 10.6. The molecular formula is C18H20N4O2. The third kappa shape index (κ3) is 3.32. The lowest BCUT2D eigenvalue weighted by atomic mass is 10.2. The van der Waals surface area contributed by atoms with Crippen LogP contribution in [-0.4, -0.2) is 35.8 Å². The van der Waals surface area contributed by atoms with Gasteiger partial charge in [0.25, 0.3) is 0 Å². The van der Waals surface area contributed by atoms with Gasteiger partial charge >= 0.3 is 0 Å². The molecule has 0 spiro atoms. The molecule has 0 bridgehead atoms. The maximum atomic E-state index is 5.47. The van der Waals surface area contributed by atoms with Crippen LogP contribution < -0.4 is 14.4 Å². The number of ether oxygens (including phenoxy) is 2. The molecule has 124 valence electrons. The van der Waals surface area contributed by atoms with Crippen LogP contribution in [0.2, 0.25) is 0 Å². The van der Waals surface area contributed by atoms with Crippen molar-refractivity contribution in [3.05, 3.63) is 60.8 Å². The number of imidazole rings is 1. The fourth-order valence-corrected chi connectivity index (χ4v) is 2.52. The van der Waals surface area contributed by atoms with Crippen molar-refractivity contribution in [1.29, 1.82) is 0 Å². The summed E-state index contributed by atoms with van der Waals surface area (Å²) < 4.78 is 12.6. The van der Waals surface area contributed by atoms with Gasteiger partial charge in [0.05, 0.1) is 19.9 Å². The molecule has 6 nitrogen and oxygen atoms in total. The molecular weight excluding hydrogens is 304 g/mol. The van der Waals surface area contributed by atoms with Gasteiger partial charge in [-0.15, -0.1) is 0 Å². The number of pyridine rings is 1. The molecule has 0 aliphatic carbocycles. The Kier molecular flexibility index (Phi) is 4.65. The first-order chi connectivity index (χ1) is 11.7. The molecule has 24 heavy (non-hydrogen) atoms. The first-order valence-electron chi connectivity index (χ1n) is 7.57. The Bertz CT molecular complexity index is 785. The number of hydrogen-bond donors (Lipinski definition) is 0. The molecule has 0 fully saturated rings. The number of hydrogen-bond acceptors (Lipinski definition) is 5. The molecule has 0 aliphatic rings. The first-order valence-corrected chi connectivity index (χ1v) is 7.57. The monoisotopic (exact) mass is 324 g/mol. The Morgan fingerprint density at radius 3 is 2.62 bits per heavy atom. The van der Waals surface area contributed by atoms with Crippen molar-refractivity contribution in [2.75, 3.05) is 26.2 Å². The Balaban J connectivity index is 1.76. The molecule has 2 aromatic heterocycles. The van der Waals surface area contributed by atoms with Gasteiger partial charge in [-0.2, -0.15) is 0 Å². The lowest BCUT2D eigenvalue weighted by Crippen LogP contribution is -2.17. The van der Waals surface area contributed by atoms with E-state index in [0.29, 0.717) is 0 Å². The van der Waals surface area contributed by atoms with E-state index in [2.05, 4.69) is 20.9 Å². The van der Waals surface area contributed by atoms with Crippen molar-refractivity contribution in [2.45, 2.75) is 6.54 Å². The largest absolute Gasteiger partial charge is 0.497 e. The lowest BCUT2D eigenvalue weighted by Gasteiger charge is -2.22. The van der Waals surface area contributed by atoms with Crippen LogP contribution in [-0.2, 0) is 6.54 Å². The van der Waals surface area contributed by atoms with Crippen LogP contribution in [0, 0.1) is 0 Å². The minimum atomic E-state index is 0.722. The summed E-state index contributed by atoms with van der Waals surface area (Å²) in [6.07, 6.45) is 7.22. The number of aromatic nitrogens is 3. The quantitative estimate of drug-likeness (QED) is 0.698. The first kappa shape index (κ1) is 15.9. The highest BCUT2D eigenvalue weighted by atomic mass is 16.5. The molecule has 0 radical (unpaired) electrons. The normalized spacial score (nSPS) is 10.5. The molecule has 6 heteroatoms. The van der Waals surface area contributed by atoms with E-state index >= 15 is 0 Å². The molecule has 0 N–H and O–H groups in total. The van der Waals surface area contributed by atoms with Crippen molar-refractivity contribution in [1.82, 2.24) is 14.5 Å². The van der Waals surface area contributed by atoms with E-state index in [1.165, 1.54) is 0 Å². The Labute approximate surface area is 141 Å². The second-order valence-corrected chi connectivity index (χ2v) is 5.39. The van der Waals surface area contributed by atoms with Gasteiger partial charge in [-0.05, 0) is 23.8 Å². The average molecular weight is 324 g/mol. The maximum Gasteiger partial charge on any atom is 0.145 e. The summed E-state index contributed by atoms with van der Waals surface area (Å²) in [5.41, 5.74) is 2.11.